The molecule has 0 unspecified atom stereocenters. The maximum absolute atomic E-state index is 13.6. The van der Waals surface area contributed by atoms with Crippen LogP contribution in [0.3, 0.4) is 0 Å². The molecule has 9 heteroatoms. The van der Waals surface area contributed by atoms with Crippen molar-refractivity contribution in [2.24, 2.45) is 0 Å². The number of benzene rings is 2. The van der Waals surface area contributed by atoms with E-state index in [1.807, 2.05) is 0 Å². The number of fused-ring (bicyclic) bond motifs is 1. The van der Waals surface area contributed by atoms with Crippen LogP contribution in [0.4, 0.5) is 8.78 Å². The number of hydrogen-bond acceptors (Lipinski definition) is 5. The summed E-state index contributed by atoms with van der Waals surface area (Å²) in [6.45, 7) is 0.127. The SMILES string of the molecule is O=C(CCn1nc(-c2ccc3c(c2)OCO3)ccc1=O)NCc1ccc(F)cc1F. The molecule has 2 aromatic carbocycles. The molecule has 1 aromatic heterocycles. The standard InChI is InChI=1S/C21H17F2N3O4/c22-15-3-1-14(16(23)10-15)11-24-20(27)7-8-26-21(28)6-4-17(25-26)13-2-5-18-19(9-13)30-12-29-18/h1-6,9-10H,7-8,11-12H2,(H,24,27). The van der Waals surface area contributed by atoms with Crippen LogP contribution in [-0.4, -0.2) is 22.5 Å². The summed E-state index contributed by atoms with van der Waals surface area (Å²) in [5, 5.41) is 6.86. The minimum absolute atomic E-state index is 0.0275. The quantitative estimate of drug-likeness (QED) is 0.672. The fourth-order valence-electron chi connectivity index (χ4n) is 2.97. The molecule has 1 amide bonds. The van der Waals surface area contributed by atoms with Crippen molar-refractivity contribution >= 4 is 5.91 Å². The normalized spacial score (nSPS) is 12.1. The first-order chi connectivity index (χ1) is 14.5. The van der Waals surface area contributed by atoms with Gasteiger partial charge < -0.3 is 14.8 Å². The highest BCUT2D eigenvalue weighted by Crippen LogP contribution is 2.35. The number of hydrogen-bond donors (Lipinski definition) is 1. The second kappa shape index (κ2) is 8.32. The predicted molar refractivity (Wildman–Crippen MR) is 103 cm³/mol. The lowest BCUT2D eigenvalue weighted by atomic mass is 10.1. The number of ether oxygens (including phenoxy) is 2. The number of aryl methyl sites for hydroxylation is 1. The Hall–Kier alpha value is -3.75. The summed E-state index contributed by atoms with van der Waals surface area (Å²) >= 11 is 0. The van der Waals surface area contributed by atoms with E-state index in [4.69, 9.17) is 9.47 Å². The minimum Gasteiger partial charge on any atom is -0.454 e. The highest BCUT2D eigenvalue weighted by Gasteiger charge is 2.15. The fraction of sp³-hybridized carbons (Fsp3) is 0.190. The first-order valence-corrected chi connectivity index (χ1v) is 9.18. The summed E-state index contributed by atoms with van der Waals surface area (Å²) in [5.74, 6) is -0.568. The summed E-state index contributed by atoms with van der Waals surface area (Å²) < 4.78 is 38.4. The van der Waals surface area contributed by atoms with E-state index in [1.165, 1.54) is 16.8 Å². The number of carbonyl (C=O) groups is 1. The first-order valence-electron chi connectivity index (χ1n) is 9.18. The van der Waals surface area contributed by atoms with Gasteiger partial charge in [0.05, 0.1) is 12.2 Å². The average molecular weight is 413 g/mol. The van der Waals surface area contributed by atoms with Crippen molar-refractivity contribution in [1.82, 2.24) is 15.1 Å². The monoisotopic (exact) mass is 413 g/mol. The lowest BCUT2D eigenvalue weighted by molar-refractivity contribution is -0.121. The lowest BCUT2D eigenvalue weighted by Crippen LogP contribution is -2.28. The zero-order valence-corrected chi connectivity index (χ0v) is 15.7. The Bertz CT molecular complexity index is 1160. The topological polar surface area (TPSA) is 82.5 Å². The third kappa shape index (κ3) is 4.29. The van der Waals surface area contributed by atoms with Crippen molar-refractivity contribution in [2.45, 2.75) is 19.5 Å². The third-order valence-electron chi connectivity index (χ3n) is 4.58. The Labute approximate surface area is 169 Å². The average Bonchev–Trinajstić information content (AvgIpc) is 3.20. The number of aromatic nitrogens is 2. The summed E-state index contributed by atoms with van der Waals surface area (Å²) in [4.78, 5) is 24.2. The lowest BCUT2D eigenvalue weighted by Gasteiger charge is -2.09. The van der Waals surface area contributed by atoms with Crippen LogP contribution in [0.25, 0.3) is 11.3 Å². The zero-order chi connectivity index (χ0) is 21.1. The van der Waals surface area contributed by atoms with Gasteiger partial charge in [0.2, 0.25) is 12.7 Å². The van der Waals surface area contributed by atoms with E-state index in [1.54, 1.807) is 24.3 Å². The molecule has 0 saturated carbocycles. The van der Waals surface area contributed by atoms with Crippen molar-refractivity contribution in [3.05, 3.63) is 76.1 Å². The number of carbonyl (C=O) groups excluding carboxylic acids is 1. The van der Waals surface area contributed by atoms with Crippen molar-refractivity contribution in [3.63, 3.8) is 0 Å². The van der Waals surface area contributed by atoms with Gasteiger partial charge in [0.25, 0.3) is 5.56 Å². The molecule has 154 valence electrons. The third-order valence-corrected chi connectivity index (χ3v) is 4.58. The van der Waals surface area contributed by atoms with Crippen LogP contribution in [0, 0.1) is 11.6 Å². The Morgan fingerprint density at radius 1 is 1.07 bits per heavy atom. The second-order valence-electron chi connectivity index (χ2n) is 6.61. The van der Waals surface area contributed by atoms with Gasteiger partial charge in [-0.15, -0.1) is 0 Å². The van der Waals surface area contributed by atoms with Crippen LogP contribution in [0.1, 0.15) is 12.0 Å². The molecule has 1 aliphatic heterocycles. The van der Waals surface area contributed by atoms with E-state index >= 15 is 0 Å². The van der Waals surface area contributed by atoms with Crippen molar-refractivity contribution in [2.75, 3.05) is 6.79 Å². The molecule has 3 aromatic rings. The molecule has 4 rings (SSSR count). The smallest absolute Gasteiger partial charge is 0.266 e. The molecule has 30 heavy (non-hydrogen) atoms. The van der Waals surface area contributed by atoms with Gasteiger partial charge in [-0.05, 0) is 30.3 Å². The van der Waals surface area contributed by atoms with Crippen LogP contribution in [0.2, 0.25) is 0 Å². The molecule has 0 spiro atoms. The molecule has 0 radical (unpaired) electrons. The van der Waals surface area contributed by atoms with Crippen LogP contribution in [0.5, 0.6) is 11.5 Å². The highest BCUT2D eigenvalue weighted by atomic mass is 19.1. The van der Waals surface area contributed by atoms with Crippen LogP contribution < -0.4 is 20.3 Å². The molecule has 1 N–H and O–H groups in total. The fourth-order valence-corrected chi connectivity index (χ4v) is 2.97. The van der Waals surface area contributed by atoms with Gasteiger partial charge in [-0.25, -0.2) is 13.5 Å². The van der Waals surface area contributed by atoms with E-state index in [0.29, 0.717) is 17.2 Å². The molecule has 2 heterocycles. The highest BCUT2D eigenvalue weighted by molar-refractivity contribution is 5.75. The van der Waals surface area contributed by atoms with Crippen LogP contribution in [-0.2, 0) is 17.9 Å². The predicted octanol–water partition coefficient (Wildman–Crippen LogP) is 2.62. The number of rotatable bonds is 6. The second-order valence-corrected chi connectivity index (χ2v) is 6.61. The van der Waals surface area contributed by atoms with Gasteiger partial charge in [0.15, 0.2) is 11.5 Å². The Morgan fingerprint density at radius 3 is 2.73 bits per heavy atom. The van der Waals surface area contributed by atoms with Gasteiger partial charge in [0, 0.05) is 36.2 Å². The Morgan fingerprint density at radius 2 is 1.90 bits per heavy atom. The molecule has 0 bridgehead atoms. The molecule has 0 fully saturated rings. The number of halogens is 2. The van der Waals surface area contributed by atoms with Gasteiger partial charge in [-0.1, -0.05) is 6.07 Å². The van der Waals surface area contributed by atoms with E-state index in [0.717, 1.165) is 17.7 Å². The molecule has 0 saturated heterocycles. The van der Waals surface area contributed by atoms with E-state index < -0.39 is 11.6 Å². The van der Waals surface area contributed by atoms with Gasteiger partial charge in [-0.3, -0.25) is 9.59 Å². The summed E-state index contributed by atoms with van der Waals surface area (Å²) in [5.41, 5.74) is 1.10. The van der Waals surface area contributed by atoms with Crippen LogP contribution >= 0.6 is 0 Å². The Balaban J connectivity index is 1.40. The molecule has 7 nitrogen and oxygen atoms in total. The molecule has 0 atom stereocenters. The summed E-state index contributed by atoms with van der Waals surface area (Å²) in [6.07, 6.45) is -0.0275. The molecule has 1 aliphatic rings. The molecular formula is C21H17F2N3O4. The van der Waals surface area contributed by atoms with Crippen LogP contribution in [0.15, 0.2) is 53.3 Å². The largest absolute Gasteiger partial charge is 0.454 e. The van der Waals surface area contributed by atoms with E-state index in [-0.39, 0.29) is 43.3 Å². The van der Waals surface area contributed by atoms with Gasteiger partial charge in [0.1, 0.15) is 11.6 Å². The zero-order valence-electron chi connectivity index (χ0n) is 15.7. The van der Waals surface area contributed by atoms with E-state index in [2.05, 4.69) is 10.4 Å². The van der Waals surface area contributed by atoms with Crippen molar-refractivity contribution in [3.8, 4) is 22.8 Å². The van der Waals surface area contributed by atoms with Gasteiger partial charge >= 0.3 is 0 Å². The Kier molecular flexibility index (Phi) is 5.42. The number of nitrogens with one attached hydrogen (secondary N) is 1. The minimum atomic E-state index is -0.732. The maximum Gasteiger partial charge on any atom is 0.266 e. The van der Waals surface area contributed by atoms with Gasteiger partial charge in [-0.2, -0.15) is 5.10 Å². The van der Waals surface area contributed by atoms with E-state index in [9.17, 15) is 18.4 Å². The number of nitrogens with zero attached hydrogens (tertiary/aromatic N) is 2. The first kappa shape index (κ1) is 19.6. The molecular weight excluding hydrogens is 396 g/mol. The summed E-state index contributed by atoms with van der Waals surface area (Å²) in [7, 11) is 0. The maximum atomic E-state index is 13.6. The number of amides is 1. The molecule has 0 aliphatic carbocycles. The van der Waals surface area contributed by atoms with Crippen molar-refractivity contribution < 1.29 is 23.0 Å². The summed E-state index contributed by atoms with van der Waals surface area (Å²) in [6, 6.07) is 11.4. The van der Waals surface area contributed by atoms with Crippen molar-refractivity contribution in [1.29, 1.82) is 0 Å².